The highest BCUT2D eigenvalue weighted by Gasteiger charge is 2.15. The molecule has 1 aliphatic rings. The summed E-state index contributed by atoms with van der Waals surface area (Å²) in [7, 11) is 0. The molecular weight excluding hydrogens is 342 g/mol. The van der Waals surface area contributed by atoms with Crippen molar-refractivity contribution in [1.82, 2.24) is 10.2 Å². The average molecular weight is 368 g/mol. The summed E-state index contributed by atoms with van der Waals surface area (Å²) in [6, 6.07) is 8.07. The largest absolute Gasteiger partial charge is 0.338 e. The minimum Gasteiger partial charge on any atom is -0.338 e. The van der Waals surface area contributed by atoms with Crippen molar-refractivity contribution >= 4 is 27.6 Å². The number of rotatable bonds is 6. The molecule has 4 nitrogen and oxygen atoms in total. The number of carbonyl (C=O) groups is 1. The number of urea groups is 1. The smallest absolute Gasteiger partial charge is 0.319 e. The highest BCUT2D eigenvalue weighted by Crippen LogP contribution is 2.15. The number of anilines is 1. The van der Waals surface area contributed by atoms with E-state index in [0.29, 0.717) is 6.04 Å². The first-order valence-electron chi connectivity index (χ1n) is 8.19. The van der Waals surface area contributed by atoms with Crippen LogP contribution in [0.4, 0.5) is 10.5 Å². The number of hydrogen-bond donors (Lipinski definition) is 2. The molecule has 2 rings (SSSR count). The Balaban J connectivity index is 1.59. The van der Waals surface area contributed by atoms with Crippen LogP contribution in [0.25, 0.3) is 0 Å². The summed E-state index contributed by atoms with van der Waals surface area (Å²) >= 11 is 3.38. The summed E-state index contributed by atoms with van der Waals surface area (Å²) in [5.74, 6) is 0. The van der Waals surface area contributed by atoms with E-state index in [2.05, 4.69) is 38.4 Å². The number of hydrogen-bond acceptors (Lipinski definition) is 2. The molecule has 122 valence electrons. The monoisotopic (exact) mass is 367 g/mol. The number of piperidine rings is 1. The van der Waals surface area contributed by atoms with Crippen LogP contribution in [0, 0.1) is 0 Å². The molecule has 22 heavy (non-hydrogen) atoms. The van der Waals surface area contributed by atoms with E-state index in [9.17, 15) is 4.79 Å². The van der Waals surface area contributed by atoms with Crippen LogP contribution in [0.5, 0.6) is 0 Å². The summed E-state index contributed by atoms with van der Waals surface area (Å²) in [4.78, 5) is 14.4. The van der Waals surface area contributed by atoms with Gasteiger partial charge in [0.1, 0.15) is 0 Å². The molecule has 1 atom stereocenters. The Kier molecular flexibility index (Phi) is 7.19. The van der Waals surface area contributed by atoms with Gasteiger partial charge in [-0.3, -0.25) is 0 Å². The highest BCUT2D eigenvalue weighted by molar-refractivity contribution is 9.10. The maximum atomic E-state index is 11.8. The van der Waals surface area contributed by atoms with Gasteiger partial charge in [-0.1, -0.05) is 22.4 Å². The third-order valence-corrected chi connectivity index (χ3v) is 4.73. The van der Waals surface area contributed by atoms with Gasteiger partial charge in [-0.05, 0) is 70.0 Å². The summed E-state index contributed by atoms with van der Waals surface area (Å²) in [6.45, 7) is 5.49. The fraction of sp³-hybridized carbons (Fsp3) is 0.588. The molecule has 0 saturated carbocycles. The molecule has 5 heteroatoms. The van der Waals surface area contributed by atoms with Gasteiger partial charge in [0.25, 0.3) is 0 Å². The molecule has 0 spiro atoms. The number of carbonyl (C=O) groups excluding carboxylic acids is 1. The lowest BCUT2D eigenvalue weighted by Gasteiger charge is -2.32. The van der Waals surface area contributed by atoms with E-state index in [1.54, 1.807) is 0 Å². The zero-order valence-corrected chi connectivity index (χ0v) is 14.9. The third-order valence-electron chi connectivity index (χ3n) is 4.20. The molecular formula is C17H26BrN3O. The van der Waals surface area contributed by atoms with E-state index in [4.69, 9.17) is 0 Å². The van der Waals surface area contributed by atoms with Gasteiger partial charge in [-0.25, -0.2) is 4.79 Å². The number of benzene rings is 1. The average Bonchev–Trinajstić information content (AvgIpc) is 2.54. The first-order chi connectivity index (χ1) is 10.6. The van der Waals surface area contributed by atoms with Crippen LogP contribution < -0.4 is 10.6 Å². The second kappa shape index (κ2) is 9.16. The second-order valence-corrected chi connectivity index (χ2v) is 6.89. The molecule has 1 unspecified atom stereocenters. The first kappa shape index (κ1) is 17.3. The van der Waals surface area contributed by atoms with Gasteiger partial charge in [0.05, 0.1) is 0 Å². The number of likely N-dealkylation sites (tertiary alicyclic amines) is 1. The third kappa shape index (κ3) is 5.97. The van der Waals surface area contributed by atoms with Crippen molar-refractivity contribution < 1.29 is 4.79 Å². The summed E-state index contributed by atoms with van der Waals surface area (Å²) in [5, 5.41) is 5.76. The van der Waals surface area contributed by atoms with E-state index in [1.165, 1.54) is 32.4 Å². The lowest BCUT2D eigenvalue weighted by atomic mass is 10.1. The van der Waals surface area contributed by atoms with Gasteiger partial charge in [0, 0.05) is 22.7 Å². The lowest BCUT2D eigenvalue weighted by Crippen LogP contribution is -2.38. The van der Waals surface area contributed by atoms with Crippen molar-refractivity contribution in [2.24, 2.45) is 0 Å². The van der Waals surface area contributed by atoms with Crippen LogP contribution in [-0.2, 0) is 0 Å². The van der Waals surface area contributed by atoms with E-state index in [0.717, 1.165) is 29.5 Å². The minimum absolute atomic E-state index is 0.132. The molecule has 0 bridgehead atoms. The van der Waals surface area contributed by atoms with Crippen molar-refractivity contribution in [2.75, 3.05) is 25.0 Å². The van der Waals surface area contributed by atoms with Gasteiger partial charge in [0.2, 0.25) is 0 Å². The Bertz CT molecular complexity index is 457. The summed E-state index contributed by atoms with van der Waals surface area (Å²) < 4.78 is 1.00. The molecule has 1 aromatic rings. The zero-order chi connectivity index (χ0) is 15.8. The Morgan fingerprint density at radius 2 is 1.91 bits per heavy atom. The van der Waals surface area contributed by atoms with Crippen molar-refractivity contribution in [3.63, 3.8) is 0 Å². The second-order valence-electron chi connectivity index (χ2n) is 5.98. The first-order valence-corrected chi connectivity index (χ1v) is 8.99. The summed E-state index contributed by atoms with van der Waals surface area (Å²) in [5.41, 5.74) is 0.808. The van der Waals surface area contributed by atoms with Crippen LogP contribution in [0.2, 0.25) is 0 Å². The number of nitrogens with one attached hydrogen (secondary N) is 2. The molecule has 2 N–H and O–H groups in total. The van der Waals surface area contributed by atoms with Gasteiger partial charge < -0.3 is 15.5 Å². The maximum Gasteiger partial charge on any atom is 0.319 e. The number of amides is 2. The summed E-state index contributed by atoms with van der Waals surface area (Å²) in [6.07, 6.45) is 6.20. The van der Waals surface area contributed by atoms with Crippen molar-refractivity contribution in [2.45, 2.75) is 45.1 Å². The topological polar surface area (TPSA) is 44.4 Å². The number of halogens is 1. The minimum atomic E-state index is -0.132. The van der Waals surface area contributed by atoms with E-state index in [-0.39, 0.29) is 6.03 Å². The molecule has 0 radical (unpaired) electrons. The molecule has 1 heterocycles. The van der Waals surface area contributed by atoms with Gasteiger partial charge in [-0.2, -0.15) is 0 Å². The van der Waals surface area contributed by atoms with E-state index in [1.807, 2.05) is 24.3 Å². The fourth-order valence-electron chi connectivity index (χ4n) is 2.85. The van der Waals surface area contributed by atoms with E-state index >= 15 is 0 Å². The quantitative estimate of drug-likeness (QED) is 0.739. The van der Waals surface area contributed by atoms with Gasteiger partial charge >= 0.3 is 6.03 Å². The van der Waals surface area contributed by atoms with Crippen LogP contribution >= 0.6 is 15.9 Å². The molecule has 0 aliphatic carbocycles. The Morgan fingerprint density at radius 1 is 1.23 bits per heavy atom. The van der Waals surface area contributed by atoms with Crippen LogP contribution in [0.1, 0.15) is 39.0 Å². The predicted molar refractivity (Wildman–Crippen MR) is 95.3 cm³/mol. The standard InChI is InChI=1S/C17H26BrN3O/c1-14(21-12-3-2-4-13-21)6-5-11-19-17(22)20-16-9-7-15(18)8-10-16/h7-10,14H,2-6,11-13H2,1H3,(H2,19,20,22). The van der Waals surface area contributed by atoms with Crippen molar-refractivity contribution in [3.05, 3.63) is 28.7 Å². The molecule has 1 fully saturated rings. The van der Waals surface area contributed by atoms with Crippen LogP contribution in [0.15, 0.2) is 28.7 Å². The van der Waals surface area contributed by atoms with Crippen molar-refractivity contribution in [1.29, 1.82) is 0 Å². The lowest BCUT2D eigenvalue weighted by molar-refractivity contribution is 0.164. The van der Waals surface area contributed by atoms with Crippen LogP contribution in [0.3, 0.4) is 0 Å². The Labute approximate surface area is 141 Å². The zero-order valence-electron chi connectivity index (χ0n) is 13.3. The van der Waals surface area contributed by atoms with Crippen molar-refractivity contribution in [3.8, 4) is 0 Å². The molecule has 1 aromatic carbocycles. The van der Waals surface area contributed by atoms with Crippen LogP contribution in [-0.4, -0.2) is 36.6 Å². The highest BCUT2D eigenvalue weighted by atomic mass is 79.9. The molecule has 2 amide bonds. The molecule has 0 aromatic heterocycles. The maximum absolute atomic E-state index is 11.8. The fourth-order valence-corrected chi connectivity index (χ4v) is 3.11. The Hall–Kier alpha value is -1.07. The number of nitrogens with zero attached hydrogens (tertiary/aromatic N) is 1. The molecule has 1 aliphatic heterocycles. The SMILES string of the molecule is CC(CCCNC(=O)Nc1ccc(Br)cc1)N1CCCCC1. The molecule has 1 saturated heterocycles. The Morgan fingerprint density at radius 3 is 2.59 bits per heavy atom. The van der Waals surface area contributed by atoms with Gasteiger partial charge in [-0.15, -0.1) is 0 Å². The van der Waals surface area contributed by atoms with E-state index < -0.39 is 0 Å². The predicted octanol–water partition coefficient (Wildman–Crippen LogP) is 4.23. The van der Waals surface area contributed by atoms with Gasteiger partial charge in [0.15, 0.2) is 0 Å². The normalized spacial score (nSPS) is 17.0.